The summed E-state index contributed by atoms with van der Waals surface area (Å²) in [4.78, 5) is 8.93. The van der Waals surface area contributed by atoms with Gasteiger partial charge in [-0.1, -0.05) is 27.5 Å². The van der Waals surface area contributed by atoms with Crippen molar-refractivity contribution in [2.45, 2.75) is 25.7 Å². The molecule has 3 rings (SSSR count). The Morgan fingerprint density at radius 2 is 2.14 bits per heavy atom. The van der Waals surface area contributed by atoms with Crippen LogP contribution in [0.25, 0.3) is 0 Å². The van der Waals surface area contributed by atoms with E-state index in [0.29, 0.717) is 28.4 Å². The number of ether oxygens (including phenoxy) is 1. The molecule has 1 aromatic carbocycles. The van der Waals surface area contributed by atoms with Crippen molar-refractivity contribution in [1.29, 1.82) is 0 Å². The van der Waals surface area contributed by atoms with Crippen LogP contribution in [-0.2, 0) is 0 Å². The number of hydrogen-bond donors (Lipinski definition) is 2. The molecule has 0 bridgehead atoms. The van der Waals surface area contributed by atoms with Gasteiger partial charge in [0.1, 0.15) is 11.6 Å². The predicted octanol–water partition coefficient (Wildman–Crippen LogP) is 4.16. The maximum atomic E-state index is 6.16. The van der Waals surface area contributed by atoms with E-state index >= 15 is 0 Å². The van der Waals surface area contributed by atoms with E-state index in [0.717, 1.165) is 28.7 Å². The van der Waals surface area contributed by atoms with Crippen LogP contribution in [0.2, 0.25) is 5.02 Å². The fourth-order valence-corrected chi connectivity index (χ4v) is 2.43. The number of nitrogens with zero attached hydrogens (tertiary/aromatic N) is 2. The van der Waals surface area contributed by atoms with Gasteiger partial charge in [-0.15, -0.1) is 0 Å². The van der Waals surface area contributed by atoms with E-state index in [1.54, 1.807) is 12.1 Å². The van der Waals surface area contributed by atoms with Crippen LogP contribution in [0, 0.1) is 6.92 Å². The molecule has 1 saturated carbocycles. The summed E-state index contributed by atoms with van der Waals surface area (Å²) in [6.45, 7) is 1.85. The number of anilines is 1. The number of nitrogens with two attached hydrogens (primary N) is 1. The zero-order valence-electron chi connectivity index (χ0n) is 11.4. The molecule has 0 atom stereocenters. The van der Waals surface area contributed by atoms with Crippen LogP contribution in [0.3, 0.4) is 0 Å². The molecule has 0 unspecified atom stereocenters. The number of nitrogen functional groups attached to an aromatic ring is 1. The highest BCUT2D eigenvalue weighted by atomic mass is 79.9. The molecule has 1 aliphatic rings. The minimum absolute atomic E-state index is 0.401. The second-order valence-electron chi connectivity index (χ2n) is 4.96. The molecular formula is C14H14BrClN4O. The van der Waals surface area contributed by atoms with Gasteiger partial charge in [0.2, 0.25) is 5.88 Å². The maximum Gasteiger partial charge on any atom is 0.227 e. The van der Waals surface area contributed by atoms with Crippen molar-refractivity contribution in [2.75, 3.05) is 5.43 Å². The van der Waals surface area contributed by atoms with Crippen LogP contribution >= 0.6 is 27.5 Å². The van der Waals surface area contributed by atoms with Crippen molar-refractivity contribution >= 4 is 33.3 Å². The molecule has 0 aliphatic heterocycles. The summed E-state index contributed by atoms with van der Waals surface area (Å²) in [6, 6.07) is 5.42. The van der Waals surface area contributed by atoms with Crippen molar-refractivity contribution in [3.63, 3.8) is 0 Å². The van der Waals surface area contributed by atoms with Crippen molar-refractivity contribution < 1.29 is 4.74 Å². The first-order chi connectivity index (χ1) is 10.1. The Hall–Kier alpha value is -1.37. The van der Waals surface area contributed by atoms with Gasteiger partial charge in [0, 0.05) is 10.4 Å². The first kappa shape index (κ1) is 14.6. The van der Waals surface area contributed by atoms with Crippen LogP contribution in [0.1, 0.15) is 30.1 Å². The molecule has 1 aliphatic carbocycles. The fourth-order valence-electron chi connectivity index (χ4n) is 1.94. The Kier molecular flexibility index (Phi) is 4.01. The van der Waals surface area contributed by atoms with Gasteiger partial charge in [-0.2, -0.15) is 4.98 Å². The van der Waals surface area contributed by atoms with E-state index in [-0.39, 0.29) is 0 Å². The number of hydrogen-bond acceptors (Lipinski definition) is 5. The topological polar surface area (TPSA) is 73.1 Å². The molecule has 1 heterocycles. The SMILES string of the molecule is Cc1c(NN)nc(C2CC2)nc1Oc1cc(Br)ccc1Cl. The molecule has 5 nitrogen and oxygen atoms in total. The second kappa shape index (κ2) is 5.79. The van der Waals surface area contributed by atoms with Gasteiger partial charge in [0.05, 0.1) is 10.6 Å². The van der Waals surface area contributed by atoms with Crippen LogP contribution in [-0.4, -0.2) is 9.97 Å². The van der Waals surface area contributed by atoms with Gasteiger partial charge in [0.25, 0.3) is 0 Å². The summed E-state index contributed by atoms with van der Waals surface area (Å²) in [7, 11) is 0. The lowest BCUT2D eigenvalue weighted by Crippen LogP contribution is -2.13. The third-order valence-corrected chi connectivity index (χ3v) is 4.10. The quantitative estimate of drug-likeness (QED) is 0.625. The Balaban J connectivity index is 2.00. The van der Waals surface area contributed by atoms with E-state index in [2.05, 4.69) is 31.3 Å². The van der Waals surface area contributed by atoms with Crippen LogP contribution in [0.4, 0.5) is 5.82 Å². The van der Waals surface area contributed by atoms with Crippen molar-refractivity contribution in [1.82, 2.24) is 9.97 Å². The Morgan fingerprint density at radius 3 is 2.81 bits per heavy atom. The maximum absolute atomic E-state index is 6.16. The van der Waals surface area contributed by atoms with E-state index in [4.69, 9.17) is 22.2 Å². The van der Waals surface area contributed by atoms with Gasteiger partial charge in [-0.05, 0) is 38.0 Å². The largest absolute Gasteiger partial charge is 0.437 e. The number of aromatic nitrogens is 2. The molecule has 0 spiro atoms. The van der Waals surface area contributed by atoms with E-state index in [1.165, 1.54) is 0 Å². The highest BCUT2D eigenvalue weighted by Gasteiger charge is 2.28. The number of halogens is 2. The summed E-state index contributed by atoms with van der Waals surface area (Å²) in [5.41, 5.74) is 3.35. The predicted molar refractivity (Wildman–Crippen MR) is 85.8 cm³/mol. The van der Waals surface area contributed by atoms with E-state index < -0.39 is 0 Å². The Morgan fingerprint density at radius 1 is 1.38 bits per heavy atom. The highest BCUT2D eigenvalue weighted by Crippen LogP contribution is 2.41. The van der Waals surface area contributed by atoms with E-state index in [1.807, 2.05) is 13.0 Å². The van der Waals surface area contributed by atoms with Gasteiger partial charge in [0.15, 0.2) is 5.82 Å². The molecule has 3 N–H and O–H groups in total. The summed E-state index contributed by atoms with van der Waals surface area (Å²) in [6.07, 6.45) is 2.20. The molecule has 1 aromatic heterocycles. The zero-order valence-corrected chi connectivity index (χ0v) is 13.7. The third kappa shape index (κ3) is 3.12. The lowest BCUT2D eigenvalue weighted by atomic mass is 10.3. The zero-order chi connectivity index (χ0) is 15.0. The number of rotatable bonds is 4. The van der Waals surface area contributed by atoms with Crippen molar-refractivity contribution in [3.8, 4) is 11.6 Å². The summed E-state index contributed by atoms with van der Waals surface area (Å²) < 4.78 is 6.76. The van der Waals surface area contributed by atoms with Crippen LogP contribution < -0.4 is 16.0 Å². The van der Waals surface area contributed by atoms with Crippen molar-refractivity contribution in [2.24, 2.45) is 5.84 Å². The minimum atomic E-state index is 0.401. The molecule has 7 heteroatoms. The molecule has 0 amide bonds. The molecule has 0 radical (unpaired) electrons. The Bertz CT molecular complexity index is 691. The highest BCUT2D eigenvalue weighted by molar-refractivity contribution is 9.10. The summed E-state index contributed by atoms with van der Waals surface area (Å²) >= 11 is 9.56. The average Bonchev–Trinajstić information content (AvgIpc) is 3.29. The molecule has 21 heavy (non-hydrogen) atoms. The van der Waals surface area contributed by atoms with Gasteiger partial charge < -0.3 is 10.2 Å². The second-order valence-corrected chi connectivity index (χ2v) is 6.28. The summed E-state index contributed by atoms with van der Waals surface area (Å²) in [5.74, 6) is 8.28. The van der Waals surface area contributed by atoms with Crippen LogP contribution in [0.15, 0.2) is 22.7 Å². The minimum Gasteiger partial charge on any atom is -0.437 e. The average molecular weight is 370 g/mol. The van der Waals surface area contributed by atoms with Gasteiger partial charge in [-0.25, -0.2) is 10.8 Å². The van der Waals surface area contributed by atoms with E-state index in [9.17, 15) is 0 Å². The van der Waals surface area contributed by atoms with Crippen molar-refractivity contribution in [3.05, 3.63) is 39.1 Å². The summed E-state index contributed by atoms with van der Waals surface area (Å²) in [5, 5.41) is 0.520. The lowest BCUT2D eigenvalue weighted by Gasteiger charge is -2.13. The Labute approximate surface area is 136 Å². The number of benzene rings is 1. The molecule has 0 saturated heterocycles. The lowest BCUT2D eigenvalue weighted by molar-refractivity contribution is 0.454. The first-order valence-electron chi connectivity index (χ1n) is 6.56. The van der Waals surface area contributed by atoms with Gasteiger partial charge >= 0.3 is 0 Å². The molecule has 2 aromatic rings. The molecular weight excluding hydrogens is 356 g/mol. The van der Waals surface area contributed by atoms with Crippen LogP contribution in [0.5, 0.6) is 11.6 Å². The third-order valence-electron chi connectivity index (χ3n) is 3.30. The number of nitrogens with one attached hydrogen (secondary N) is 1. The standard InChI is InChI=1S/C14H14BrClN4O/c1-7-12(20-17)18-13(8-2-3-8)19-14(7)21-11-6-9(15)4-5-10(11)16/h4-6,8H,2-3,17H2,1H3,(H,18,19,20). The fraction of sp³-hybridized carbons (Fsp3) is 0.286. The number of hydrazine groups is 1. The molecule has 1 fully saturated rings. The van der Waals surface area contributed by atoms with Gasteiger partial charge in [-0.3, -0.25) is 0 Å². The smallest absolute Gasteiger partial charge is 0.227 e. The monoisotopic (exact) mass is 368 g/mol. The molecule has 110 valence electrons. The normalized spacial score (nSPS) is 14.1. The first-order valence-corrected chi connectivity index (χ1v) is 7.73.